The number of halogens is 1. The second kappa shape index (κ2) is 15.9. The van der Waals surface area contributed by atoms with Crippen molar-refractivity contribution in [1.82, 2.24) is 10.2 Å². The number of aliphatic hydroxyl groups is 1. The first-order valence-electron chi connectivity index (χ1n) is 16.4. The van der Waals surface area contributed by atoms with Gasteiger partial charge in [0, 0.05) is 40.0 Å². The van der Waals surface area contributed by atoms with Crippen molar-refractivity contribution in [2.24, 2.45) is 5.92 Å². The summed E-state index contributed by atoms with van der Waals surface area (Å²) in [5.41, 5.74) is -0.903. The van der Waals surface area contributed by atoms with Crippen LogP contribution in [0.3, 0.4) is 0 Å². The first kappa shape index (κ1) is 39.5. The molecular formula is C35H48ClN3O10S. The number of rotatable bonds is 7. The van der Waals surface area contributed by atoms with Crippen LogP contribution in [0.5, 0.6) is 5.75 Å². The molecule has 0 aliphatic carbocycles. The SMILES string of the molecule is COc1cc2cc(c1Cl)N(C)C(=O)C[C@H](OC(=O)[C@H](C)N(C)C(=O)CCS)[C@]1(C)O[C@@H]1[C@@H](C)[C@H]1C[C@@](O)(NC(=O)O1)[C@H](OC)/C=C/C=C(/C)C2. The van der Waals surface area contributed by atoms with Crippen molar-refractivity contribution in [1.29, 1.82) is 0 Å². The van der Waals surface area contributed by atoms with E-state index in [4.69, 9.17) is 35.3 Å². The van der Waals surface area contributed by atoms with E-state index in [1.807, 2.05) is 13.0 Å². The molecule has 13 nitrogen and oxygen atoms in total. The lowest BCUT2D eigenvalue weighted by Crippen LogP contribution is -2.63. The third kappa shape index (κ3) is 8.42. The van der Waals surface area contributed by atoms with Gasteiger partial charge in [0.1, 0.15) is 40.7 Å². The van der Waals surface area contributed by atoms with Gasteiger partial charge in [-0.15, -0.1) is 0 Å². The van der Waals surface area contributed by atoms with E-state index < -0.39 is 65.7 Å². The molecule has 276 valence electrons. The molecule has 0 saturated carbocycles. The van der Waals surface area contributed by atoms with Crippen molar-refractivity contribution in [2.75, 3.05) is 39.0 Å². The van der Waals surface area contributed by atoms with Crippen molar-refractivity contribution in [2.45, 2.75) is 95.2 Å². The number of amides is 3. The molecule has 1 aromatic carbocycles. The van der Waals surface area contributed by atoms with Crippen LogP contribution in [0.15, 0.2) is 35.9 Å². The van der Waals surface area contributed by atoms with Gasteiger partial charge in [0.25, 0.3) is 0 Å². The van der Waals surface area contributed by atoms with Crippen molar-refractivity contribution in [3.8, 4) is 5.75 Å². The molecule has 3 aliphatic heterocycles. The molecule has 3 amide bonds. The van der Waals surface area contributed by atoms with Crippen LogP contribution >= 0.6 is 24.2 Å². The molecule has 15 heteroatoms. The van der Waals surface area contributed by atoms with Crippen LogP contribution in [-0.2, 0) is 39.8 Å². The van der Waals surface area contributed by atoms with Crippen molar-refractivity contribution in [3.63, 3.8) is 0 Å². The quantitative estimate of drug-likeness (QED) is 0.214. The number of ether oxygens (including phenoxy) is 5. The second-order valence-corrected chi connectivity index (χ2v) is 14.2. The van der Waals surface area contributed by atoms with Crippen LogP contribution in [0, 0.1) is 5.92 Å². The zero-order chi connectivity index (χ0) is 37.1. The summed E-state index contributed by atoms with van der Waals surface area (Å²) in [4.78, 5) is 55.6. The lowest BCUT2D eigenvalue weighted by molar-refractivity contribution is -0.161. The largest absolute Gasteiger partial charge is 0.495 e. The molecule has 3 heterocycles. The number of nitrogens with one attached hydrogen (secondary N) is 1. The lowest BCUT2D eigenvalue weighted by atomic mass is 9.83. The summed E-state index contributed by atoms with van der Waals surface area (Å²) < 4.78 is 29.0. The van der Waals surface area contributed by atoms with Crippen LogP contribution in [0.1, 0.15) is 52.5 Å². The molecule has 2 fully saturated rings. The number of carbonyl (C=O) groups excluding carboxylic acids is 4. The molecule has 0 aromatic heterocycles. The third-order valence-corrected chi connectivity index (χ3v) is 10.5. The average Bonchev–Trinajstić information content (AvgIpc) is 3.76. The van der Waals surface area contributed by atoms with Crippen molar-refractivity contribution in [3.05, 3.63) is 46.5 Å². The van der Waals surface area contributed by atoms with Gasteiger partial charge in [-0.1, -0.05) is 42.3 Å². The van der Waals surface area contributed by atoms with Crippen LogP contribution in [0.2, 0.25) is 5.02 Å². The van der Waals surface area contributed by atoms with E-state index in [2.05, 4.69) is 17.9 Å². The highest BCUT2D eigenvalue weighted by Gasteiger charge is 2.64. The molecule has 2 saturated heterocycles. The number of methoxy groups -OCH3 is 2. The van der Waals surface area contributed by atoms with Gasteiger partial charge in [0.05, 0.1) is 25.3 Å². The maximum absolute atomic E-state index is 14.0. The van der Waals surface area contributed by atoms with Crippen LogP contribution in [-0.4, -0.2) is 110 Å². The number of esters is 1. The number of benzene rings is 1. The van der Waals surface area contributed by atoms with E-state index in [0.29, 0.717) is 23.6 Å². The molecule has 8 atom stereocenters. The number of fused-ring (bicyclic) bond motifs is 5. The number of allylic oxidation sites excluding steroid dienone is 3. The molecule has 3 aliphatic rings. The minimum atomic E-state index is -1.82. The molecular weight excluding hydrogens is 690 g/mol. The number of alkyl carbamates (subject to hydrolysis) is 1. The summed E-state index contributed by atoms with van der Waals surface area (Å²) >= 11 is 10.8. The van der Waals surface area contributed by atoms with E-state index >= 15 is 0 Å². The van der Waals surface area contributed by atoms with E-state index in [1.165, 1.54) is 38.0 Å². The van der Waals surface area contributed by atoms with Gasteiger partial charge in [-0.25, -0.2) is 9.59 Å². The molecule has 1 aromatic rings. The average molecular weight is 738 g/mol. The van der Waals surface area contributed by atoms with Crippen LogP contribution in [0.4, 0.5) is 10.5 Å². The minimum absolute atomic E-state index is 0.0489. The van der Waals surface area contributed by atoms with E-state index in [1.54, 1.807) is 45.2 Å². The Kier molecular flexibility index (Phi) is 12.6. The Morgan fingerprint density at radius 1 is 1.28 bits per heavy atom. The lowest BCUT2D eigenvalue weighted by Gasteiger charge is -2.42. The van der Waals surface area contributed by atoms with Gasteiger partial charge in [-0.05, 0) is 50.6 Å². The Bertz CT molecular complexity index is 1540. The fourth-order valence-electron chi connectivity index (χ4n) is 6.49. The zero-order valence-corrected chi connectivity index (χ0v) is 31.4. The maximum Gasteiger partial charge on any atom is 0.409 e. The normalized spacial score (nSPS) is 32.3. The first-order chi connectivity index (χ1) is 23.5. The first-order valence-corrected chi connectivity index (χ1v) is 17.5. The summed E-state index contributed by atoms with van der Waals surface area (Å²) in [7, 11) is 5.98. The fourth-order valence-corrected chi connectivity index (χ4v) is 6.99. The number of thiol groups is 1. The van der Waals surface area contributed by atoms with Crippen LogP contribution in [0.25, 0.3) is 0 Å². The molecule has 0 spiro atoms. The number of hydrogen-bond donors (Lipinski definition) is 3. The highest BCUT2D eigenvalue weighted by Crippen LogP contribution is 2.49. The van der Waals surface area contributed by atoms with E-state index in [9.17, 15) is 24.3 Å². The minimum Gasteiger partial charge on any atom is -0.495 e. The number of likely N-dealkylation sites (N-methyl/N-ethyl adjacent to an activating group) is 1. The summed E-state index contributed by atoms with van der Waals surface area (Å²) in [6.45, 7) is 6.96. The zero-order valence-electron chi connectivity index (χ0n) is 29.7. The van der Waals surface area contributed by atoms with E-state index in [-0.39, 0.29) is 30.2 Å². The summed E-state index contributed by atoms with van der Waals surface area (Å²) in [5, 5.41) is 14.4. The Morgan fingerprint density at radius 3 is 2.62 bits per heavy atom. The monoisotopic (exact) mass is 737 g/mol. The Morgan fingerprint density at radius 2 is 1.98 bits per heavy atom. The topological polar surface area (TPSA) is 156 Å². The number of hydrogen-bond acceptors (Lipinski definition) is 11. The van der Waals surface area contributed by atoms with Gasteiger partial charge >= 0.3 is 12.1 Å². The standard InChI is InChI=1S/C35H48ClN3O10S/c1-19-10-9-11-26(46-8)35(44)18-25(47-33(43)37-35)20(2)31-34(4,49-31)27(48-32(42)21(3)38(5)28(40)12-13-50)17-29(41)39(6)23-15-22(14-19)16-24(45-7)30(23)36/h9-11,15-16,20-21,25-27,31,44,50H,12-14,17-18H2,1-8H3,(H,37,43)/b11-9+,19-10-/t20-,21-,25+,26+,27-,31+,34-,35-/m0/s1. The number of nitrogens with zero attached hydrogens (tertiary/aromatic N) is 2. The van der Waals surface area contributed by atoms with Gasteiger partial charge in [-0.2, -0.15) is 12.6 Å². The maximum atomic E-state index is 14.0. The predicted molar refractivity (Wildman–Crippen MR) is 189 cm³/mol. The molecule has 50 heavy (non-hydrogen) atoms. The van der Waals surface area contributed by atoms with Gasteiger partial charge in [0.15, 0.2) is 5.72 Å². The Labute approximate surface area is 303 Å². The number of epoxide rings is 1. The number of anilines is 1. The predicted octanol–water partition coefficient (Wildman–Crippen LogP) is 3.83. The summed E-state index contributed by atoms with van der Waals surface area (Å²) in [5.74, 6) is -1.30. The third-order valence-electron chi connectivity index (χ3n) is 9.85. The van der Waals surface area contributed by atoms with Crippen molar-refractivity contribution >= 4 is 53.8 Å². The van der Waals surface area contributed by atoms with Gasteiger partial charge in [-0.3, -0.25) is 14.9 Å². The van der Waals surface area contributed by atoms with E-state index in [0.717, 1.165) is 11.1 Å². The van der Waals surface area contributed by atoms with Crippen molar-refractivity contribution < 1.29 is 48.0 Å². The summed E-state index contributed by atoms with van der Waals surface area (Å²) in [6, 6.07) is 2.60. The highest BCUT2D eigenvalue weighted by atomic mass is 35.5. The summed E-state index contributed by atoms with van der Waals surface area (Å²) in [6.07, 6.45) is 1.08. The fraction of sp³-hybridized carbons (Fsp3) is 0.600. The van der Waals surface area contributed by atoms with Gasteiger partial charge in [0.2, 0.25) is 11.8 Å². The van der Waals surface area contributed by atoms with Crippen LogP contribution < -0.4 is 15.0 Å². The Hall–Kier alpha value is -3.30. The highest BCUT2D eigenvalue weighted by molar-refractivity contribution is 7.80. The number of carbonyl (C=O) groups is 4. The molecule has 2 N–H and O–H groups in total. The molecule has 0 radical (unpaired) electrons. The van der Waals surface area contributed by atoms with Gasteiger partial charge < -0.3 is 38.6 Å². The Balaban J connectivity index is 1.78. The second-order valence-electron chi connectivity index (χ2n) is 13.4. The molecule has 4 bridgehead atoms. The molecule has 0 unspecified atom stereocenters. The smallest absolute Gasteiger partial charge is 0.409 e. The molecule has 4 rings (SSSR count).